The van der Waals surface area contributed by atoms with Crippen LogP contribution in [0.1, 0.15) is 5.69 Å². The van der Waals surface area contributed by atoms with Crippen LogP contribution in [0.2, 0.25) is 0 Å². The zero-order valence-corrected chi connectivity index (χ0v) is 16.9. The monoisotopic (exact) mass is 428 g/mol. The summed E-state index contributed by atoms with van der Waals surface area (Å²) in [5.41, 5.74) is 3.02. The third-order valence-electron chi connectivity index (χ3n) is 4.86. The molecule has 0 unspecified atom stereocenters. The number of aryl methyl sites for hydroxylation is 1. The minimum Gasteiger partial charge on any atom is -0.338 e. The number of anilines is 1. The molecule has 0 atom stereocenters. The van der Waals surface area contributed by atoms with Crippen molar-refractivity contribution in [2.24, 2.45) is 0 Å². The molecule has 1 aliphatic rings. The van der Waals surface area contributed by atoms with Crippen molar-refractivity contribution in [2.45, 2.75) is 6.92 Å². The van der Waals surface area contributed by atoms with Crippen LogP contribution in [0.5, 0.6) is 0 Å². The van der Waals surface area contributed by atoms with Crippen molar-refractivity contribution in [1.82, 2.24) is 24.6 Å². The summed E-state index contributed by atoms with van der Waals surface area (Å²) in [6, 6.07) is 9.18. The van der Waals surface area contributed by atoms with E-state index in [0.717, 1.165) is 53.5 Å². The average molecular weight is 429 g/mol. The van der Waals surface area contributed by atoms with Crippen LogP contribution < -0.4 is 10.5 Å². The molecule has 3 heterocycles. The number of halogens is 1. The summed E-state index contributed by atoms with van der Waals surface area (Å²) in [6.45, 7) is 5.80. The van der Waals surface area contributed by atoms with Gasteiger partial charge in [0.15, 0.2) is 0 Å². The first-order valence-electron chi connectivity index (χ1n) is 8.87. The number of hydrogen-bond donors (Lipinski definition) is 1. The fourth-order valence-corrected chi connectivity index (χ4v) is 3.69. The molecule has 8 heteroatoms. The standard InChI is InChI=1S/C19H21BrN6O/c1-13-14(12-21-19(22-13)25-9-7-24(2)8-10-25)16-11-18(27)26(23-16)17-6-4-3-5-15(17)20/h3-6,11-12,23H,7-10H2,1-2H3. The van der Waals surface area contributed by atoms with E-state index in [4.69, 9.17) is 0 Å². The second kappa shape index (κ2) is 7.28. The van der Waals surface area contributed by atoms with Gasteiger partial charge in [0.25, 0.3) is 5.56 Å². The van der Waals surface area contributed by atoms with E-state index in [0.29, 0.717) is 5.69 Å². The van der Waals surface area contributed by atoms with Crippen molar-refractivity contribution in [1.29, 1.82) is 0 Å². The van der Waals surface area contributed by atoms with E-state index in [1.165, 1.54) is 4.68 Å². The minimum absolute atomic E-state index is 0.126. The maximum absolute atomic E-state index is 12.5. The van der Waals surface area contributed by atoms with Crippen molar-refractivity contribution in [3.8, 4) is 16.9 Å². The molecule has 0 amide bonds. The summed E-state index contributed by atoms with van der Waals surface area (Å²) < 4.78 is 2.37. The molecule has 7 nitrogen and oxygen atoms in total. The summed E-state index contributed by atoms with van der Waals surface area (Å²) in [6.07, 6.45) is 1.80. The van der Waals surface area contributed by atoms with Gasteiger partial charge >= 0.3 is 0 Å². The quantitative estimate of drug-likeness (QED) is 0.693. The number of aromatic amines is 1. The zero-order valence-electron chi connectivity index (χ0n) is 15.3. The number of hydrogen-bond acceptors (Lipinski definition) is 5. The van der Waals surface area contributed by atoms with E-state index in [-0.39, 0.29) is 5.56 Å². The Bertz CT molecular complexity index is 1020. The molecule has 0 spiro atoms. The van der Waals surface area contributed by atoms with Crippen molar-refractivity contribution in [2.75, 3.05) is 38.1 Å². The molecule has 0 saturated carbocycles. The van der Waals surface area contributed by atoms with Gasteiger partial charge < -0.3 is 9.80 Å². The van der Waals surface area contributed by atoms with Gasteiger partial charge in [-0.3, -0.25) is 9.89 Å². The molecule has 1 N–H and O–H groups in total. The highest BCUT2D eigenvalue weighted by molar-refractivity contribution is 9.10. The van der Waals surface area contributed by atoms with Crippen LogP contribution >= 0.6 is 15.9 Å². The predicted molar refractivity (Wildman–Crippen MR) is 110 cm³/mol. The largest absolute Gasteiger partial charge is 0.338 e. The van der Waals surface area contributed by atoms with Gasteiger partial charge in [-0.2, -0.15) is 0 Å². The lowest BCUT2D eigenvalue weighted by Gasteiger charge is -2.32. The molecule has 1 saturated heterocycles. The molecule has 3 aromatic rings. The molecular weight excluding hydrogens is 408 g/mol. The summed E-state index contributed by atoms with van der Waals surface area (Å²) in [7, 11) is 2.12. The van der Waals surface area contributed by atoms with Gasteiger partial charge in [0.05, 0.1) is 17.1 Å². The minimum atomic E-state index is -0.126. The van der Waals surface area contributed by atoms with Crippen LogP contribution in [0.25, 0.3) is 16.9 Å². The van der Waals surface area contributed by atoms with E-state index in [1.54, 1.807) is 12.3 Å². The molecular formula is C19H21BrN6O. The van der Waals surface area contributed by atoms with Crippen LogP contribution in [-0.2, 0) is 0 Å². The Kier molecular flexibility index (Phi) is 4.84. The van der Waals surface area contributed by atoms with Gasteiger partial charge in [0.2, 0.25) is 5.95 Å². The third-order valence-corrected chi connectivity index (χ3v) is 5.53. The molecule has 0 aliphatic carbocycles. The van der Waals surface area contributed by atoms with Crippen molar-refractivity contribution >= 4 is 21.9 Å². The lowest BCUT2D eigenvalue weighted by Crippen LogP contribution is -2.45. The first kappa shape index (κ1) is 17.9. The van der Waals surface area contributed by atoms with Crippen LogP contribution in [0, 0.1) is 6.92 Å². The summed E-state index contributed by atoms with van der Waals surface area (Å²) in [5.74, 6) is 0.747. The van der Waals surface area contributed by atoms with E-state index in [9.17, 15) is 4.79 Å². The molecule has 2 aromatic heterocycles. The molecule has 140 valence electrons. The van der Waals surface area contributed by atoms with Crippen LogP contribution in [0.4, 0.5) is 5.95 Å². The van der Waals surface area contributed by atoms with Gasteiger partial charge in [0.1, 0.15) is 0 Å². The second-order valence-corrected chi connectivity index (χ2v) is 7.61. The number of nitrogens with one attached hydrogen (secondary N) is 1. The van der Waals surface area contributed by atoms with Crippen LogP contribution in [0.15, 0.2) is 45.8 Å². The number of rotatable bonds is 3. The van der Waals surface area contributed by atoms with Gasteiger partial charge in [-0.05, 0) is 42.0 Å². The number of para-hydroxylation sites is 1. The Labute approximate surface area is 165 Å². The van der Waals surface area contributed by atoms with E-state index in [1.807, 2.05) is 31.2 Å². The normalized spacial score (nSPS) is 15.3. The first-order valence-corrected chi connectivity index (χ1v) is 9.67. The van der Waals surface area contributed by atoms with Crippen molar-refractivity contribution in [3.63, 3.8) is 0 Å². The fraction of sp³-hybridized carbons (Fsp3) is 0.316. The Hall–Kier alpha value is -2.45. The topological polar surface area (TPSA) is 70.1 Å². The number of H-pyrrole nitrogens is 1. The number of nitrogens with zero attached hydrogens (tertiary/aromatic N) is 5. The van der Waals surface area contributed by atoms with Gasteiger partial charge in [-0.15, -0.1) is 0 Å². The number of likely N-dealkylation sites (N-methyl/N-ethyl adjacent to an activating group) is 1. The lowest BCUT2D eigenvalue weighted by molar-refractivity contribution is 0.311. The Morgan fingerprint density at radius 3 is 2.59 bits per heavy atom. The molecule has 1 fully saturated rings. The Balaban J connectivity index is 1.66. The zero-order chi connectivity index (χ0) is 19.0. The molecule has 0 bridgehead atoms. The van der Waals surface area contributed by atoms with Crippen LogP contribution in [0.3, 0.4) is 0 Å². The molecule has 1 aliphatic heterocycles. The Morgan fingerprint density at radius 1 is 1.15 bits per heavy atom. The molecule has 27 heavy (non-hydrogen) atoms. The highest BCUT2D eigenvalue weighted by atomic mass is 79.9. The summed E-state index contributed by atoms with van der Waals surface area (Å²) >= 11 is 3.49. The summed E-state index contributed by atoms with van der Waals surface area (Å²) in [5, 5.41) is 3.17. The van der Waals surface area contributed by atoms with E-state index in [2.05, 4.69) is 47.8 Å². The van der Waals surface area contributed by atoms with Gasteiger partial charge in [-0.1, -0.05) is 12.1 Å². The van der Waals surface area contributed by atoms with Gasteiger partial charge in [-0.25, -0.2) is 14.6 Å². The number of benzene rings is 1. The highest BCUT2D eigenvalue weighted by Crippen LogP contribution is 2.23. The smallest absolute Gasteiger partial charge is 0.271 e. The number of piperazine rings is 1. The van der Waals surface area contributed by atoms with Crippen molar-refractivity contribution < 1.29 is 0 Å². The Morgan fingerprint density at radius 2 is 1.89 bits per heavy atom. The predicted octanol–water partition coefficient (Wildman–Crippen LogP) is 2.45. The van der Waals surface area contributed by atoms with E-state index < -0.39 is 0 Å². The second-order valence-electron chi connectivity index (χ2n) is 6.75. The molecule has 4 rings (SSSR count). The first-order chi connectivity index (χ1) is 13.0. The third kappa shape index (κ3) is 3.54. The highest BCUT2D eigenvalue weighted by Gasteiger charge is 2.18. The maximum Gasteiger partial charge on any atom is 0.271 e. The van der Waals surface area contributed by atoms with E-state index >= 15 is 0 Å². The van der Waals surface area contributed by atoms with Crippen LogP contribution in [-0.4, -0.2) is 57.9 Å². The average Bonchev–Trinajstić information content (AvgIpc) is 3.04. The SMILES string of the molecule is Cc1nc(N2CCN(C)CC2)ncc1-c1cc(=O)n(-c2ccccc2Br)[nH]1. The lowest BCUT2D eigenvalue weighted by atomic mass is 10.2. The van der Waals surface area contributed by atoms with Gasteiger partial charge in [0, 0.05) is 48.5 Å². The summed E-state index contributed by atoms with van der Waals surface area (Å²) in [4.78, 5) is 26.2. The number of aromatic nitrogens is 4. The molecule has 0 radical (unpaired) electrons. The maximum atomic E-state index is 12.5. The molecule has 1 aromatic carbocycles. The van der Waals surface area contributed by atoms with Crippen molar-refractivity contribution in [3.05, 3.63) is 57.0 Å². The fourth-order valence-electron chi connectivity index (χ4n) is 3.22.